The van der Waals surface area contributed by atoms with E-state index in [0.717, 1.165) is 4.57 Å². The number of hydrogen-bond donors (Lipinski definition) is 6. The fourth-order valence-corrected chi connectivity index (χ4v) is 6.81. The number of hydrogen-bond acceptors (Lipinski definition) is 13. The van der Waals surface area contributed by atoms with E-state index in [1.807, 2.05) is 0 Å². The van der Waals surface area contributed by atoms with Gasteiger partial charge in [-0.3, -0.25) is 13.9 Å². The van der Waals surface area contributed by atoms with Crippen molar-refractivity contribution in [3.8, 4) is 0 Å². The number of phosphoric acid groups is 3. The molecule has 2 aromatic rings. The summed E-state index contributed by atoms with van der Waals surface area (Å²) in [5.74, 6) is -1.41. The fraction of sp³-hybridized carbons (Fsp3) is 0.400. The van der Waals surface area contributed by atoms with Crippen molar-refractivity contribution in [3.05, 3.63) is 58.1 Å². The average molecular weight is 656 g/mol. The molecule has 1 aliphatic rings. The van der Waals surface area contributed by atoms with Gasteiger partial charge in [-0.2, -0.15) is 13.6 Å². The molecule has 5 unspecified atom stereocenters. The van der Waals surface area contributed by atoms with Crippen LogP contribution in [0, 0.1) is 0 Å². The quantitative estimate of drug-likeness (QED) is 0.138. The summed E-state index contributed by atoms with van der Waals surface area (Å²) in [6, 6.07) is 6.99. The van der Waals surface area contributed by atoms with Gasteiger partial charge in [-0.1, -0.05) is 18.2 Å². The smallest absolute Gasteiger partial charge is 0.456 e. The highest BCUT2D eigenvalue weighted by Gasteiger charge is 2.44. The maximum atomic E-state index is 13.1. The highest BCUT2D eigenvalue weighted by atomic mass is 31.3. The third-order valence-corrected chi connectivity index (χ3v) is 9.17. The van der Waals surface area contributed by atoms with Crippen molar-refractivity contribution in [1.82, 2.24) is 9.55 Å². The number of nitrogens with zero attached hydrogens (tertiary/aromatic N) is 2. The summed E-state index contributed by atoms with van der Waals surface area (Å²) in [4.78, 5) is 77.2. The number of carbonyl (C=O) groups is 2. The van der Waals surface area contributed by atoms with Crippen LogP contribution in [-0.4, -0.2) is 59.8 Å². The molecular formula is C20H27N4O15P3. The number of aromatic nitrogens is 2. The SMILES string of the molecule is CC(=O)Nc1ccn(C2C[C@@H](OC(=O)c3ccccc3C(C)N)C(COP(=O)(O)OP(=O)(O)OP(=O)(O)O)O2)c(=O)n1. The predicted octanol–water partition coefficient (Wildman–Crippen LogP) is 1.08. The first-order valence-electron chi connectivity index (χ1n) is 11.7. The zero-order valence-corrected chi connectivity index (χ0v) is 24.5. The fourth-order valence-electron chi connectivity index (χ4n) is 3.78. The highest BCUT2D eigenvalue weighted by Crippen LogP contribution is 2.66. The lowest BCUT2D eigenvalue weighted by molar-refractivity contribution is -0.114. The number of amides is 1. The van der Waals surface area contributed by atoms with Crippen LogP contribution in [0.25, 0.3) is 0 Å². The molecule has 3 rings (SSSR count). The van der Waals surface area contributed by atoms with Crippen LogP contribution in [0.4, 0.5) is 5.82 Å². The largest absolute Gasteiger partial charge is 0.490 e. The van der Waals surface area contributed by atoms with E-state index < -0.39 is 72.1 Å². The van der Waals surface area contributed by atoms with Crippen molar-refractivity contribution in [2.75, 3.05) is 11.9 Å². The molecule has 1 fully saturated rings. The minimum absolute atomic E-state index is 0.0542. The Kier molecular flexibility index (Phi) is 10.8. The van der Waals surface area contributed by atoms with E-state index in [4.69, 9.17) is 25.0 Å². The minimum Gasteiger partial charge on any atom is -0.456 e. The molecule has 1 aromatic heterocycles. The van der Waals surface area contributed by atoms with Crippen LogP contribution in [0.3, 0.4) is 0 Å². The van der Waals surface area contributed by atoms with Gasteiger partial charge in [0, 0.05) is 25.6 Å². The number of nitrogens with one attached hydrogen (secondary N) is 1. The summed E-state index contributed by atoms with van der Waals surface area (Å²) in [6.07, 6.45) is -2.86. The molecule has 0 saturated carbocycles. The van der Waals surface area contributed by atoms with Crippen molar-refractivity contribution in [1.29, 1.82) is 0 Å². The van der Waals surface area contributed by atoms with Crippen LogP contribution in [0.1, 0.15) is 48.5 Å². The second-order valence-electron chi connectivity index (χ2n) is 8.76. The Morgan fingerprint density at radius 2 is 1.81 bits per heavy atom. The first-order valence-corrected chi connectivity index (χ1v) is 16.2. The highest BCUT2D eigenvalue weighted by molar-refractivity contribution is 7.66. The lowest BCUT2D eigenvalue weighted by Crippen LogP contribution is -2.31. The van der Waals surface area contributed by atoms with Crippen LogP contribution in [0.2, 0.25) is 0 Å². The molecule has 1 aliphatic heterocycles. The number of carbonyl (C=O) groups excluding carboxylic acids is 2. The van der Waals surface area contributed by atoms with Gasteiger partial charge in [-0.15, -0.1) is 0 Å². The predicted molar refractivity (Wildman–Crippen MR) is 139 cm³/mol. The van der Waals surface area contributed by atoms with Gasteiger partial charge in [0.25, 0.3) is 0 Å². The van der Waals surface area contributed by atoms with E-state index in [0.29, 0.717) is 5.56 Å². The summed E-state index contributed by atoms with van der Waals surface area (Å²) in [5, 5.41) is 2.33. The van der Waals surface area contributed by atoms with Gasteiger partial charge in [-0.05, 0) is 24.6 Å². The molecule has 2 heterocycles. The van der Waals surface area contributed by atoms with E-state index in [1.54, 1.807) is 25.1 Å². The second-order valence-corrected chi connectivity index (χ2v) is 13.2. The third-order valence-electron chi connectivity index (χ3n) is 5.37. The first kappa shape index (κ1) is 33.9. The lowest BCUT2D eigenvalue weighted by atomic mass is 10.0. The number of esters is 1. The molecule has 1 saturated heterocycles. The van der Waals surface area contributed by atoms with Crippen LogP contribution in [0.15, 0.2) is 41.3 Å². The zero-order valence-electron chi connectivity index (χ0n) is 21.8. The number of nitrogens with two attached hydrogens (primary N) is 1. The monoisotopic (exact) mass is 656 g/mol. The van der Waals surface area contributed by atoms with Crippen LogP contribution in [0.5, 0.6) is 0 Å². The number of rotatable bonds is 12. The third kappa shape index (κ3) is 9.70. The first-order chi connectivity index (χ1) is 19.4. The van der Waals surface area contributed by atoms with E-state index in [-0.39, 0.29) is 17.8 Å². The number of anilines is 1. The van der Waals surface area contributed by atoms with Crippen LogP contribution < -0.4 is 16.7 Å². The van der Waals surface area contributed by atoms with E-state index in [9.17, 15) is 37.9 Å². The van der Waals surface area contributed by atoms with E-state index in [2.05, 4.69) is 23.4 Å². The second kappa shape index (κ2) is 13.3. The lowest BCUT2D eigenvalue weighted by Gasteiger charge is -2.21. The van der Waals surface area contributed by atoms with Gasteiger partial charge < -0.3 is 40.1 Å². The number of phosphoric ester groups is 1. The summed E-state index contributed by atoms with van der Waals surface area (Å²) in [6.45, 7) is 1.88. The van der Waals surface area contributed by atoms with Gasteiger partial charge in [0.1, 0.15) is 24.3 Å². The molecule has 0 radical (unpaired) electrons. The van der Waals surface area contributed by atoms with Gasteiger partial charge in [0.2, 0.25) is 5.91 Å². The van der Waals surface area contributed by atoms with Crippen molar-refractivity contribution < 1.29 is 65.5 Å². The Labute approximate surface area is 237 Å². The van der Waals surface area contributed by atoms with E-state index in [1.165, 1.54) is 25.3 Å². The van der Waals surface area contributed by atoms with Gasteiger partial charge in [-0.25, -0.2) is 23.3 Å². The van der Waals surface area contributed by atoms with Gasteiger partial charge in [0.15, 0.2) is 0 Å². The molecule has 7 N–H and O–H groups in total. The maximum Gasteiger partial charge on any atom is 0.490 e. The van der Waals surface area contributed by atoms with Gasteiger partial charge in [0.05, 0.1) is 12.2 Å². The van der Waals surface area contributed by atoms with Crippen molar-refractivity contribution in [2.24, 2.45) is 5.73 Å². The Morgan fingerprint density at radius 3 is 2.40 bits per heavy atom. The molecular weight excluding hydrogens is 629 g/mol. The van der Waals surface area contributed by atoms with E-state index >= 15 is 0 Å². The molecule has 42 heavy (non-hydrogen) atoms. The molecule has 0 spiro atoms. The normalized spacial score (nSPS) is 22.5. The number of benzene rings is 1. The van der Waals surface area contributed by atoms with Crippen molar-refractivity contribution >= 4 is 41.2 Å². The Hall–Kier alpha value is -2.63. The molecule has 1 amide bonds. The van der Waals surface area contributed by atoms with Gasteiger partial charge >= 0.3 is 35.1 Å². The van der Waals surface area contributed by atoms with Crippen LogP contribution >= 0.6 is 23.5 Å². The minimum atomic E-state index is -5.79. The summed E-state index contributed by atoms with van der Waals surface area (Å²) < 4.78 is 59.0. The molecule has 0 bridgehead atoms. The molecule has 1 aromatic carbocycles. The molecule has 6 atom stereocenters. The molecule has 0 aliphatic carbocycles. The van der Waals surface area contributed by atoms with Crippen molar-refractivity contribution in [3.63, 3.8) is 0 Å². The molecule has 22 heteroatoms. The summed E-state index contributed by atoms with van der Waals surface area (Å²) in [5.41, 5.74) is 5.59. The molecule has 19 nitrogen and oxygen atoms in total. The Balaban J connectivity index is 1.84. The average Bonchev–Trinajstić information content (AvgIpc) is 3.22. The van der Waals surface area contributed by atoms with Crippen LogP contribution in [-0.2, 0) is 41.1 Å². The number of ether oxygens (including phenoxy) is 2. The zero-order chi connectivity index (χ0) is 31.5. The maximum absolute atomic E-state index is 13.1. The summed E-state index contributed by atoms with van der Waals surface area (Å²) >= 11 is 0. The standard InChI is InChI=1S/C20H27N4O15P3/c1-11(21)13-5-3-4-6-14(13)19(26)37-15-9-18(24-8-7-17(22-12(2)25)23-20(24)27)36-16(15)10-35-41(31,32)39-42(33,34)38-40(28,29)30/h3-8,11,15-16,18H,9-10,21H2,1-2H3,(H,31,32)(H,33,34)(H2,28,29,30)(H,22,23,25,27)/t11?,15-,16?,18?/m1/s1. The Morgan fingerprint density at radius 1 is 1.14 bits per heavy atom. The van der Waals surface area contributed by atoms with Crippen molar-refractivity contribution in [2.45, 2.75) is 44.7 Å². The molecule has 232 valence electrons. The topological polar surface area (TPSA) is 285 Å². The Bertz CT molecular complexity index is 1530. The summed E-state index contributed by atoms with van der Waals surface area (Å²) in [7, 11) is -17.0.